The van der Waals surface area contributed by atoms with E-state index in [2.05, 4.69) is 10.2 Å². The summed E-state index contributed by atoms with van der Waals surface area (Å²) >= 11 is 0. The number of amides is 2. The third-order valence-corrected chi connectivity index (χ3v) is 5.60. The molecule has 3 aromatic carbocycles. The van der Waals surface area contributed by atoms with E-state index in [1.165, 1.54) is 22.8 Å². The molecule has 1 unspecified atom stereocenters. The molecule has 0 fully saturated rings. The van der Waals surface area contributed by atoms with Gasteiger partial charge in [0.05, 0.1) is 12.3 Å². The number of benzene rings is 3. The Morgan fingerprint density at radius 3 is 2.44 bits per heavy atom. The molecule has 1 aromatic heterocycles. The average Bonchev–Trinajstić information content (AvgIpc) is 3.16. The molecule has 0 radical (unpaired) electrons. The highest BCUT2D eigenvalue weighted by atomic mass is 16.6. The van der Waals surface area contributed by atoms with E-state index in [0.29, 0.717) is 34.9 Å². The molecule has 0 spiro atoms. The highest BCUT2D eigenvalue weighted by molar-refractivity contribution is 6.02. The third-order valence-electron chi connectivity index (χ3n) is 5.60. The predicted molar refractivity (Wildman–Crippen MR) is 128 cm³/mol. The van der Waals surface area contributed by atoms with Crippen LogP contribution in [0.1, 0.15) is 17.3 Å². The second-order valence-electron chi connectivity index (χ2n) is 7.88. The van der Waals surface area contributed by atoms with Gasteiger partial charge in [-0.05, 0) is 61.5 Å². The van der Waals surface area contributed by atoms with E-state index in [4.69, 9.17) is 14.2 Å². The van der Waals surface area contributed by atoms with Gasteiger partial charge < -0.3 is 24.4 Å². The van der Waals surface area contributed by atoms with Crippen molar-refractivity contribution in [1.29, 1.82) is 0 Å². The normalized spacial score (nSPS) is 14.8. The van der Waals surface area contributed by atoms with Crippen LogP contribution >= 0.6 is 0 Å². The first kappa shape index (κ1) is 22.9. The van der Waals surface area contributed by atoms with E-state index in [-0.39, 0.29) is 29.3 Å². The number of rotatable bonds is 5. The van der Waals surface area contributed by atoms with E-state index in [9.17, 15) is 19.8 Å². The Kier molecular flexibility index (Phi) is 5.99. The van der Waals surface area contributed by atoms with Gasteiger partial charge in [0.1, 0.15) is 12.4 Å². The van der Waals surface area contributed by atoms with Crippen molar-refractivity contribution in [1.82, 2.24) is 4.57 Å². The molecule has 0 saturated carbocycles. The topological polar surface area (TPSA) is 132 Å². The molecule has 0 bridgehead atoms. The maximum Gasteiger partial charge on any atom is 0.308 e. The van der Waals surface area contributed by atoms with Crippen LogP contribution in [0.5, 0.6) is 29.0 Å². The number of carbonyl (C=O) groups excluding carboxylic acids is 2. The summed E-state index contributed by atoms with van der Waals surface area (Å²) in [5.41, 5.74) is 0.573. The monoisotopic (exact) mass is 487 g/mol. The standard InChI is InChI=1S/C26H21N3O7/c1-2-34-17-10-8-16(9-11-17)29-25(32)18-12-7-15(13-19(18)26(29)33)23(30)27-28-24(31)22-14-35-20-5-3-4-6-21(20)36-22/h3-13,22,32-33H,2,14H2,1H3. The van der Waals surface area contributed by atoms with Crippen LogP contribution in [0.25, 0.3) is 16.5 Å². The number of ether oxygens (including phenoxy) is 3. The van der Waals surface area contributed by atoms with Crippen molar-refractivity contribution < 1.29 is 34.0 Å². The van der Waals surface area contributed by atoms with E-state index in [1.807, 2.05) is 6.92 Å². The van der Waals surface area contributed by atoms with Crippen molar-refractivity contribution in [2.24, 2.45) is 10.2 Å². The first-order valence-corrected chi connectivity index (χ1v) is 11.1. The van der Waals surface area contributed by atoms with Gasteiger partial charge >= 0.3 is 5.91 Å². The number of aromatic nitrogens is 1. The molecule has 1 aliphatic heterocycles. The molecule has 5 rings (SSSR count). The van der Waals surface area contributed by atoms with Gasteiger partial charge in [-0.1, -0.05) is 12.1 Å². The van der Waals surface area contributed by atoms with Crippen LogP contribution in [0.3, 0.4) is 0 Å². The second kappa shape index (κ2) is 9.41. The van der Waals surface area contributed by atoms with Gasteiger partial charge in [0.15, 0.2) is 11.5 Å². The van der Waals surface area contributed by atoms with E-state index in [1.54, 1.807) is 48.5 Å². The molecule has 1 aliphatic rings. The van der Waals surface area contributed by atoms with Crippen LogP contribution in [0, 0.1) is 0 Å². The highest BCUT2D eigenvalue weighted by Crippen LogP contribution is 2.39. The van der Waals surface area contributed by atoms with Gasteiger partial charge in [-0.3, -0.25) is 14.2 Å². The number of fused-ring (bicyclic) bond motifs is 2. The Balaban J connectivity index is 1.36. The number of carbonyl (C=O) groups is 2. The zero-order valence-corrected chi connectivity index (χ0v) is 19.1. The molecule has 2 heterocycles. The molecule has 0 saturated heterocycles. The molecule has 2 N–H and O–H groups in total. The molecule has 0 aliphatic carbocycles. The number of aromatic hydroxyl groups is 2. The van der Waals surface area contributed by atoms with E-state index < -0.39 is 17.9 Å². The molecular weight excluding hydrogens is 466 g/mol. The summed E-state index contributed by atoms with van der Waals surface area (Å²) in [6, 6.07) is 18.0. The SMILES string of the molecule is CCOc1ccc(-n2c(O)c3ccc(C(=O)N=NC(=O)C4COc5ccccc5O4)cc3c2O)cc1. The van der Waals surface area contributed by atoms with Gasteiger partial charge in [0.2, 0.25) is 17.9 Å². The third kappa shape index (κ3) is 4.20. The minimum absolute atomic E-state index is 0.0543. The van der Waals surface area contributed by atoms with Crippen molar-refractivity contribution >= 4 is 22.6 Å². The Bertz CT molecular complexity index is 1490. The number of hydrogen-bond acceptors (Lipinski definition) is 7. The fourth-order valence-electron chi connectivity index (χ4n) is 3.86. The minimum atomic E-state index is -1.02. The number of para-hydroxylation sites is 2. The van der Waals surface area contributed by atoms with Crippen LogP contribution in [0.15, 0.2) is 77.0 Å². The van der Waals surface area contributed by atoms with E-state index >= 15 is 0 Å². The molecule has 1 atom stereocenters. The Morgan fingerprint density at radius 2 is 1.69 bits per heavy atom. The summed E-state index contributed by atoms with van der Waals surface area (Å²) < 4.78 is 17.7. The van der Waals surface area contributed by atoms with Crippen molar-refractivity contribution in [3.05, 3.63) is 72.3 Å². The fourth-order valence-corrected chi connectivity index (χ4v) is 3.86. The quantitative estimate of drug-likeness (QED) is 0.399. The highest BCUT2D eigenvalue weighted by Gasteiger charge is 2.27. The van der Waals surface area contributed by atoms with Gasteiger partial charge in [-0.2, -0.15) is 0 Å². The molecular formula is C26H21N3O7. The first-order valence-electron chi connectivity index (χ1n) is 11.1. The second-order valence-corrected chi connectivity index (χ2v) is 7.88. The van der Waals surface area contributed by atoms with Crippen LogP contribution in [0.4, 0.5) is 0 Å². The lowest BCUT2D eigenvalue weighted by Crippen LogP contribution is -2.35. The molecule has 182 valence electrons. The Labute approximate surface area is 205 Å². The summed E-state index contributed by atoms with van der Waals surface area (Å²) in [6.45, 7) is 2.33. The van der Waals surface area contributed by atoms with Crippen molar-refractivity contribution in [2.75, 3.05) is 13.2 Å². The lowest BCUT2D eigenvalue weighted by molar-refractivity contribution is -0.127. The summed E-state index contributed by atoms with van der Waals surface area (Å²) in [5, 5.41) is 29.1. The van der Waals surface area contributed by atoms with Gasteiger partial charge in [0, 0.05) is 16.3 Å². The molecule has 36 heavy (non-hydrogen) atoms. The summed E-state index contributed by atoms with van der Waals surface area (Å²) in [4.78, 5) is 25.0. The fraction of sp³-hybridized carbons (Fsp3) is 0.154. The van der Waals surface area contributed by atoms with Gasteiger partial charge in [0.25, 0.3) is 5.91 Å². The van der Waals surface area contributed by atoms with Gasteiger partial charge in [-0.25, -0.2) is 0 Å². The molecule has 4 aromatic rings. The summed E-state index contributed by atoms with van der Waals surface area (Å²) in [7, 11) is 0. The van der Waals surface area contributed by atoms with Crippen LogP contribution in [0.2, 0.25) is 0 Å². The number of azo groups is 1. The Hall–Kier alpha value is -4.86. The number of hydrogen-bond donors (Lipinski definition) is 2. The minimum Gasteiger partial charge on any atom is -0.494 e. The zero-order valence-electron chi connectivity index (χ0n) is 19.1. The maximum atomic E-state index is 12.6. The van der Waals surface area contributed by atoms with Crippen molar-refractivity contribution in [2.45, 2.75) is 13.0 Å². The lowest BCUT2D eigenvalue weighted by atomic mass is 10.1. The van der Waals surface area contributed by atoms with Gasteiger partial charge in [-0.15, -0.1) is 10.2 Å². The van der Waals surface area contributed by atoms with Crippen molar-refractivity contribution in [3.8, 4) is 34.7 Å². The Morgan fingerprint density at radius 1 is 0.972 bits per heavy atom. The van der Waals surface area contributed by atoms with E-state index in [0.717, 1.165) is 0 Å². The van der Waals surface area contributed by atoms with Crippen LogP contribution in [-0.4, -0.2) is 45.9 Å². The predicted octanol–water partition coefficient (Wildman–Crippen LogP) is 4.40. The van der Waals surface area contributed by atoms with Crippen molar-refractivity contribution in [3.63, 3.8) is 0 Å². The summed E-state index contributed by atoms with van der Waals surface area (Å²) in [6.07, 6.45) is -1.02. The smallest absolute Gasteiger partial charge is 0.308 e. The zero-order chi connectivity index (χ0) is 25.2. The number of nitrogens with zero attached hydrogens (tertiary/aromatic N) is 3. The molecule has 2 amide bonds. The van der Waals surface area contributed by atoms with Crippen LogP contribution < -0.4 is 14.2 Å². The largest absolute Gasteiger partial charge is 0.494 e. The average molecular weight is 487 g/mol. The lowest BCUT2D eigenvalue weighted by Gasteiger charge is -2.23. The van der Waals surface area contributed by atoms with Crippen LogP contribution in [-0.2, 0) is 4.79 Å². The maximum absolute atomic E-state index is 12.6. The summed E-state index contributed by atoms with van der Waals surface area (Å²) in [5.74, 6) is -0.447. The first-order chi connectivity index (χ1) is 17.5. The molecule has 10 nitrogen and oxygen atoms in total. The molecule has 10 heteroatoms.